The van der Waals surface area contributed by atoms with Gasteiger partial charge < -0.3 is 9.64 Å². The van der Waals surface area contributed by atoms with Gasteiger partial charge in [-0.05, 0) is 55.0 Å². The van der Waals surface area contributed by atoms with Crippen LogP contribution < -0.4 is 5.32 Å². The van der Waals surface area contributed by atoms with Gasteiger partial charge in [0.1, 0.15) is 5.54 Å². The Balaban J connectivity index is 4.84. The van der Waals surface area contributed by atoms with Crippen LogP contribution in [0.15, 0.2) is 0 Å². The van der Waals surface area contributed by atoms with Gasteiger partial charge in [-0.15, -0.1) is 0 Å². The van der Waals surface area contributed by atoms with Gasteiger partial charge in [-0.3, -0.25) is 10.1 Å². The van der Waals surface area contributed by atoms with Crippen molar-refractivity contribution in [3.05, 3.63) is 0 Å². The summed E-state index contributed by atoms with van der Waals surface area (Å²) >= 11 is 0. The highest BCUT2D eigenvalue weighted by Crippen LogP contribution is 2.19. The largest absolute Gasteiger partial charge is 0.468 e. The van der Waals surface area contributed by atoms with E-state index in [4.69, 9.17) is 4.74 Å². The van der Waals surface area contributed by atoms with Crippen molar-refractivity contribution in [3.8, 4) is 0 Å². The summed E-state index contributed by atoms with van der Waals surface area (Å²) < 4.78 is 4.94. The smallest absolute Gasteiger partial charge is 0.325 e. The molecule has 0 aromatic heterocycles. The molecule has 0 aromatic rings. The normalized spacial score (nSPS) is 17.1. The van der Waals surface area contributed by atoms with Gasteiger partial charge in [0, 0.05) is 18.1 Å². The fraction of sp³-hybridized carbons (Fsp3) is 0.929. The maximum atomic E-state index is 12.0. The quantitative estimate of drug-likeness (QED) is 0.710. The highest BCUT2D eigenvalue weighted by molar-refractivity contribution is 5.80. The van der Waals surface area contributed by atoms with Crippen molar-refractivity contribution in [3.63, 3.8) is 0 Å². The van der Waals surface area contributed by atoms with E-state index in [9.17, 15) is 4.79 Å². The van der Waals surface area contributed by atoms with E-state index < -0.39 is 5.54 Å². The average Bonchev–Trinajstić information content (AvgIpc) is 2.25. The van der Waals surface area contributed by atoms with E-state index in [0.717, 1.165) is 6.42 Å². The summed E-state index contributed by atoms with van der Waals surface area (Å²) in [5, 5.41) is 3.33. The number of carbonyl (C=O) groups is 1. The van der Waals surface area contributed by atoms with Crippen LogP contribution in [-0.4, -0.2) is 48.7 Å². The maximum Gasteiger partial charge on any atom is 0.325 e. The van der Waals surface area contributed by atoms with Crippen molar-refractivity contribution < 1.29 is 9.53 Å². The standard InChI is InChI=1S/C14H30N2O2/c1-10(2)15-14(6,13(17)18-8)9-12(5)16(7)11(3)4/h10-12,15H,9H2,1-8H3. The van der Waals surface area contributed by atoms with Crippen LogP contribution in [0.2, 0.25) is 0 Å². The Hall–Kier alpha value is -0.610. The third-order valence-corrected chi connectivity index (χ3v) is 3.46. The van der Waals surface area contributed by atoms with E-state index in [1.54, 1.807) is 0 Å². The maximum absolute atomic E-state index is 12.0. The molecule has 0 fully saturated rings. The van der Waals surface area contributed by atoms with Gasteiger partial charge >= 0.3 is 5.97 Å². The van der Waals surface area contributed by atoms with Crippen LogP contribution in [0.25, 0.3) is 0 Å². The molecule has 0 aliphatic heterocycles. The second-order valence-electron chi connectivity index (χ2n) is 5.94. The van der Waals surface area contributed by atoms with Crippen LogP contribution in [0.1, 0.15) is 48.0 Å². The molecule has 2 unspecified atom stereocenters. The Bertz CT molecular complexity index is 267. The minimum atomic E-state index is -0.633. The molecule has 0 aromatic carbocycles. The molecule has 0 rings (SSSR count). The zero-order valence-corrected chi connectivity index (χ0v) is 13.2. The van der Waals surface area contributed by atoms with Crippen LogP contribution >= 0.6 is 0 Å². The number of hydrogen-bond donors (Lipinski definition) is 1. The second kappa shape index (κ2) is 7.10. The summed E-state index contributed by atoms with van der Waals surface area (Å²) in [6.45, 7) is 12.5. The molecule has 0 spiro atoms. The van der Waals surface area contributed by atoms with Crippen molar-refractivity contribution >= 4 is 5.97 Å². The molecule has 0 radical (unpaired) electrons. The van der Waals surface area contributed by atoms with E-state index in [0.29, 0.717) is 12.1 Å². The molecular formula is C14H30N2O2. The molecule has 2 atom stereocenters. The fourth-order valence-electron chi connectivity index (χ4n) is 2.31. The molecule has 0 bridgehead atoms. The Kier molecular flexibility index (Phi) is 6.86. The summed E-state index contributed by atoms with van der Waals surface area (Å²) in [5.74, 6) is -0.194. The lowest BCUT2D eigenvalue weighted by Gasteiger charge is -2.37. The first-order valence-corrected chi connectivity index (χ1v) is 6.72. The van der Waals surface area contributed by atoms with Crippen LogP contribution in [-0.2, 0) is 9.53 Å². The predicted octanol–water partition coefficient (Wildman–Crippen LogP) is 2.03. The van der Waals surface area contributed by atoms with Crippen LogP contribution in [0.5, 0.6) is 0 Å². The van der Waals surface area contributed by atoms with E-state index in [1.807, 2.05) is 20.8 Å². The molecule has 0 amide bonds. The van der Waals surface area contributed by atoms with Gasteiger partial charge in [-0.2, -0.15) is 0 Å². The number of hydrogen-bond acceptors (Lipinski definition) is 4. The average molecular weight is 258 g/mol. The summed E-state index contributed by atoms with van der Waals surface area (Å²) in [6, 6.07) is 1.01. The predicted molar refractivity (Wildman–Crippen MR) is 75.7 cm³/mol. The number of carbonyl (C=O) groups excluding carboxylic acids is 1. The Morgan fingerprint density at radius 3 is 2.11 bits per heavy atom. The molecule has 0 saturated carbocycles. The third-order valence-electron chi connectivity index (χ3n) is 3.46. The van der Waals surface area contributed by atoms with Gasteiger partial charge in [0.15, 0.2) is 0 Å². The molecule has 0 saturated heterocycles. The number of nitrogens with zero attached hydrogens (tertiary/aromatic N) is 1. The summed E-state index contributed by atoms with van der Waals surface area (Å²) in [5.41, 5.74) is -0.633. The highest BCUT2D eigenvalue weighted by atomic mass is 16.5. The first-order chi connectivity index (χ1) is 8.14. The minimum absolute atomic E-state index is 0.194. The summed E-state index contributed by atoms with van der Waals surface area (Å²) in [7, 11) is 3.53. The Morgan fingerprint density at radius 1 is 1.28 bits per heavy atom. The lowest BCUT2D eigenvalue weighted by molar-refractivity contribution is -0.149. The molecule has 0 aliphatic rings. The first-order valence-electron chi connectivity index (χ1n) is 6.72. The summed E-state index contributed by atoms with van der Waals surface area (Å²) in [4.78, 5) is 14.3. The molecule has 18 heavy (non-hydrogen) atoms. The first kappa shape index (κ1) is 17.4. The lowest BCUT2D eigenvalue weighted by atomic mass is 9.91. The summed E-state index contributed by atoms with van der Waals surface area (Å²) in [6.07, 6.45) is 0.729. The molecule has 4 heteroatoms. The topological polar surface area (TPSA) is 41.6 Å². The van der Waals surface area contributed by atoms with Gasteiger partial charge in [0.25, 0.3) is 0 Å². The van der Waals surface area contributed by atoms with E-state index in [2.05, 4.69) is 38.0 Å². The van der Waals surface area contributed by atoms with Crippen molar-refractivity contribution in [2.45, 2.75) is 71.6 Å². The van der Waals surface area contributed by atoms with Crippen molar-refractivity contribution in [2.24, 2.45) is 0 Å². The number of esters is 1. The van der Waals surface area contributed by atoms with E-state index >= 15 is 0 Å². The SMILES string of the molecule is COC(=O)C(C)(CC(C)N(C)C(C)C)NC(C)C. The third kappa shape index (κ3) is 4.94. The van der Waals surface area contributed by atoms with Gasteiger partial charge in [-0.25, -0.2) is 0 Å². The highest BCUT2D eigenvalue weighted by Gasteiger charge is 2.37. The molecule has 1 N–H and O–H groups in total. The number of ether oxygens (including phenoxy) is 1. The van der Waals surface area contributed by atoms with E-state index in [1.165, 1.54) is 7.11 Å². The molecule has 4 nitrogen and oxygen atoms in total. The van der Waals surface area contributed by atoms with Crippen molar-refractivity contribution in [1.29, 1.82) is 0 Å². The molecule has 0 aliphatic carbocycles. The van der Waals surface area contributed by atoms with Crippen molar-refractivity contribution in [1.82, 2.24) is 10.2 Å². The second-order valence-corrected chi connectivity index (χ2v) is 5.94. The van der Waals surface area contributed by atoms with E-state index in [-0.39, 0.29) is 12.0 Å². The van der Waals surface area contributed by atoms with Gasteiger partial charge in [0.2, 0.25) is 0 Å². The number of rotatable bonds is 7. The van der Waals surface area contributed by atoms with Gasteiger partial charge in [0.05, 0.1) is 7.11 Å². The number of nitrogens with one attached hydrogen (secondary N) is 1. The van der Waals surface area contributed by atoms with Crippen LogP contribution in [0, 0.1) is 0 Å². The number of methoxy groups -OCH3 is 1. The zero-order valence-electron chi connectivity index (χ0n) is 13.2. The van der Waals surface area contributed by atoms with Crippen LogP contribution in [0.3, 0.4) is 0 Å². The Labute approximate surface area is 112 Å². The fourth-order valence-corrected chi connectivity index (χ4v) is 2.31. The molecule has 108 valence electrons. The zero-order chi connectivity index (χ0) is 14.5. The molecular weight excluding hydrogens is 228 g/mol. The lowest BCUT2D eigenvalue weighted by Crippen LogP contribution is -2.56. The Morgan fingerprint density at radius 2 is 1.78 bits per heavy atom. The van der Waals surface area contributed by atoms with Gasteiger partial charge in [-0.1, -0.05) is 0 Å². The minimum Gasteiger partial charge on any atom is -0.468 e. The monoisotopic (exact) mass is 258 g/mol. The van der Waals surface area contributed by atoms with Crippen molar-refractivity contribution in [2.75, 3.05) is 14.2 Å². The van der Waals surface area contributed by atoms with Crippen LogP contribution in [0.4, 0.5) is 0 Å². The molecule has 0 heterocycles.